The molecule has 0 fully saturated rings. The van der Waals surface area contributed by atoms with E-state index in [2.05, 4.69) is 95.4 Å². The van der Waals surface area contributed by atoms with Crippen LogP contribution in [0, 0.1) is 5.92 Å². The topological polar surface area (TPSA) is 48.9 Å². The Balaban J connectivity index is 0.000000257. The Morgan fingerprint density at radius 3 is 2.17 bits per heavy atom. The lowest BCUT2D eigenvalue weighted by atomic mass is 10.00. The number of carboxylic acid groups (broad SMARTS) is 1. The molecule has 1 heterocycles. The number of imidazole rings is 1. The van der Waals surface area contributed by atoms with E-state index in [1.54, 1.807) is 0 Å². The van der Waals surface area contributed by atoms with Crippen molar-refractivity contribution in [3.63, 3.8) is 0 Å². The number of carbonyl (C=O) groups excluding carboxylic acids is 1. The normalized spacial score (nSPS) is 11.4. The van der Waals surface area contributed by atoms with E-state index in [9.17, 15) is 9.90 Å². The van der Waals surface area contributed by atoms with E-state index < -0.39 is 5.97 Å². The van der Waals surface area contributed by atoms with Crippen molar-refractivity contribution in [2.45, 2.75) is 52.6 Å². The van der Waals surface area contributed by atoms with Gasteiger partial charge in [-0.2, -0.15) is 0 Å². The van der Waals surface area contributed by atoms with E-state index in [0.29, 0.717) is 6.42 Å². The highest BCUT2D eigenvalue weighted by atomic mass is 16.4. The fourth-order valence-electron chi connectivity index (χ4n) is 3.15. The van der Waals surface area contributed by atoms with Gasteiger partial charge in [0.2, 0.25) is 6.33 Å². The van der Waals surface area contributed by atoms with E-state index in [-0.39, 0.29) is 5.92 Å². The van der Waals surface area contributed by atoms with E-state index in [4.69, 9.17) is 0 Å². The number of nitrogens with zero attached hydrogens (tertiary/aromatic N) is 2. The zero-order valence-electron chi connectivity index (χ0n) is 17.5. The highest BCUT2D eigenvalue weighted by Gasteiger charge is 2.05. The Bertz CT molecular complexity index is 772. The Hall–Kier alpha value is -2.88. The first kappa shape index (κ1) is 22.4. The fourth-order valence-corrected chi connectivity index (χ4v) is 3.15. The third-order valence-corrected chi connectivity index (χ3v) is 4.89. The summed E-state index contributed by atoms with van der Waals surface area (Å²) < 4.78 is 4.41. The average Bonchev–Trinajstić information content (AvgIpc) is 3.17. The molecule has 0 aliphatic heterocycles. The second-order valence-electron chi connectivity index (χ2n) is 7.30. The Morgan fingerprint density at radius 2 is 1.62 bits per heavy atom. The summed E-state index contributed by atoms with van der Waals surface area (Å²) in [4.78, 5) is 10.3. The molecular weight excluding hydrogens is 360 g/mol. The van der Waals surface area contributed by atoms with Crippen LogP contribution in [0.1, 0.15) is 50.7 Å². The van der Waals surface area contributed by atoms with Crippen molar-refractivity contribution >= 4 is 5.97 Å². The molecule has 4 nitrogen and oxygen atoms in total. The summed E-state index contributed by atoms with van der Waals surface area (Å²) in [6.07, 6.45) is 9.92. The van der Waals surface area contributed by atoms with Crippen LogP contribution in [0.2, 0.25) is 0 Å². The van der Waals surface area contributed by atoms with Gasteiger partial charge in [0.15, 0.2) is 0 Å². The van der Waals surface area contributed by atoms with Gasteiger partial charge in [0.25, 0.3) is 0 Å². The van der Waals surface area contributed by atoms with Crippen LogP contribution in [0.4, 0.5) is 0 Å². The quantitative estimate of drug-likeness (QED) is 0.520. The number of carboxylic acids is 1. The second kappa shape index (κ2) is 12.6. The molecule has 0 spiro atoms. The van der Waals surface area contributed by atoms with Crippen LogP contribution in [-0.2, 0) is 17.9 Å². The van der Waals surface area contributed by atoms with Gasteiger partial charge >= 0.3 is 0 Å². The Labute approximate surface area is 174 Å². The van der Waals surface area contributed by atoms with Gasteiger partial charge in [-0.1, -0.05) is 87.4 Å². The molecule has 0 aliphatic carbocycles. The molecule has 1 atom stereocenters. The Kier molecular flexibility index (Phi) is 9.70. The molecule has 0 N–H and O–H groups in total. The van der Waals surface area contributed by atoms with Gasteiger partial charge in [-0.25, -0.2) is 9.13 Å². The summed E-state index contributed by atoms with van der Waals surface area (Å²) in [5.41, 5.74) is 2.65. The molecule has 0 saturated heterocycles. The summed E-state index contributed by atoms with van der Waals surface area (Å²) in [6.45, 7) is 5.78. The minimum Gasteiger partial charge on any atom is -0.550 e. The molecule has 0 amide bonds. The summed E-state index contributed by atoms with van der Waals surface area (Å²) in [6, 6.07) is 21.0. The van der Waals surface area contributed by atoms with Crippen LogP contribution in [0.5, 0.6) is 0 Å². The van der Waals surface area contributed by atoms with Gasteiger partial charge in [-0.3, -0.25) is 0 Å². The van der Waals surface area contributed by atoms with Gasteiger partial charge < -0.3 is 9.90 Å². The standard InChI is InChI=1S/C17H17N2.C8H16O2/c1-3-7-16(8-4-1)13-18-11-12-19(15-18)14-17-9-5-2-6-10-17;1-3-5-6-7(4-2)8(9)10/h1-12,15H,13-14H2;7H,3-6H2,1-2H3,(H,9,10)/q+1;/p-1. The van der Waals surface area contributed by atoms with Crippen LogP contribution >= 0.6 is 0 Å². The number of rotatable bonds is 9. The van der Waals surface area contributed by atoms with Crippen molar-refractivity contribution in [1.82, 2.24) is 4.57 Å². The Morgan fingerprint density at radius 1 is 1.00 bits per heavy atom. The lowest BCUT2D eigenvalue weighted by Crippen LogP contribution is -2.31. The number of hydrogen-bond acceptors (Lipinski definition) is 2. The smallest absolute Gasteiger partial charge is 0.244 e. The molecule has 154 valence electrons. The number of aromatic nitrogens is 2. The van der Waals surface area contributed by atoms with Gasteiger partial charge in [-0.05, 0) is 29.9 Å². The molecule has 3 rings (SSSR count). The highest BCUT2D eigenvalue weighted by molar-refractivity contribution is 5.67. The molecule has 0 saturated carbocycles. The molecular formula is C25H32N2O2. The van der Waals surface area contributed by atoms with E-state index in [1.807, 2.05) is 6.92 Å². The van der Waals surface area contributed by atoms with Crippen molar-refractivity contribution in [3.05, 3.63) is 90.5 Å². The first-order chi connectivity index (χ1) is 14.1. The fraction of sp³-hybridized carbons (Fsp3) is 0.360. The molecule has 2 aromatic carbocycles. The van der Waals surface area contributed by atoms with E-state index in [0.717, 1.165) is 32.4 Å². The number of aliphatic carboxylic acids is 1. The molecule has 29 heavy (non-hydrogen) atoms. The van der Waals surface area contributed by atoms with Crippen molar-refractivity contribution < 1.29 is 14.5 Å². The first-order valence-corrected chi connectivity index (χ1v) is 10.5. The van der Waals surface area contributed by atoms with E-state index >= 15 is 0 Å². The monoisotopic (exact) mass is 392 g/mol. The molecule has 1 aromatic heterocycles. The van der Waals surface area contributed by atoms with Crippen LogP contribution < -0.4 is 9.67 Å². The van der Waals surface area contributed by atoms with Gasteiger partial charge in [0, 0.05) is 5.97 Å². The van der Waals surface area contributed by atoms with Crippen LogP contribution in [0.3, 0.4) is 0 Å². The molecule has 0 radical (unpaired) electrons. The van der Waals surface area contributed by atoms with E-state index in [1.165, 1.54) is 11.1 Å². The molecule has 0 aliphatic rings. The minimum atomic E-state index is -0.893. The number of unbranched alkanes of at least 4 members (excludes halogenated alkanes) is 1. The molecule has 0 bridgehead atoms. The minimum absolute atomic E-state index is 0.222. The predicted octanol–water partition coefficient (Wildman–Crippen LogP) is 3.82. The van der Waals surface area contributed by atoms with Gasteiger partial charge in [0.05, 0.1) is 0 Å². The van der Waals surface area contributed by atoms with Crippen molar-refractivity contribution in [3.8, 4) is 0 Å². The SMILES string of the molecule is CCCCC(CC)C(=O)[O-].c1ccc(Cn2cc[n+](Cc3ccccc3)c2)cc1. The molecule has 4 heteroatoms. The maximum atomic E-state index is 10.3. The number of carbonyl (C=O) groups is 1. The van der Waals surface area contributed by atoms with Gasteiger partial charge in [-0.15, -0.1) is 0 Å². The summed E-state index contributed by atoms with van der Waals surface area (Å²) in [7, 11) is 0. The van der Waals surface area contributed by atoms with Crippen LogP contribution in [0.25, 0.3) is 0 Å². The summed E-state index contributed by atoms with van der Waals surface area (Å²) in [5, 5.41) is 10.3. The lowest BCUT2D eigenvalue weighted by molar-refractivity contribution is -0.687. The average molecular weight is 393 g/mol. The molecule has 3 aromatic rings. The predicted molar refractivity (Wildman–Crippen MR) is 114 cm³/mol. The summed E-state index contributed by atoms with van der Waals surface area (Å²) >= 11 is 0. The van der Waals surface area contributed by atoms with Crippen LogP contribution in [-0.4, -0.2) is 10.5 Å². The largest absolute Gasteiger partial charge is 0.550 e. The maximum Gasteiger partial charge on any atom is 0.244 e. The third-order valence-electron chi connectivity index (χ3n) is 4.89. The highest BCUT2D eigenvalue weighted by Crippen LogP contribution is 2.10. The van der Waals surface area contributed by atoms with Crippen LogP contribution in [0.15, 0.2) is 79.4 Å². The first-order valence-electron chi connectivity index (χ1n) is 10.5. The van der Waals surface area contributed by atoms with Crippen molar-refractivity contribution in [2.75, 3.05) is 0 Å². The third kappa shape index (κ3) is 8.34. The van der Waals surface area contributed by atoms with Gasteiger partial charge in [0.1, 0.15) is 25.5 Å². The molecule has 1 unspecified atom stereocenters. The lowest BCUT2D eigenvalue weighted by Gasteiger charge is -2.14. The van der Waals surface area contributed by atoms with Crippen molar-refractivity contribution in [2.24, 2.45) is 5.92 Å². The summed E-state index contributed by atoms with van der Waals surface area (Å²) in [5.74, 6) is -1.11. The second-order valence-corrected chi connectivity index (χ2v) is 7.30. The zero-order valence-corrected chi connectivity index (χ0v) is 17.5. The zero-order chi connectivity index (χ0) is 20.9. The van der Waals surface area contributed by atoms with Crippen molar-refractivity contribution in [1.29, 1.82) is 0 Å². The maximum absolute atomic E-state index is 10.3. The number of hydrogen-bond donors (Lipinski definition) is 0. The number of benzene rings is 2.